The van der Waals surface area contributed by atoms with Crippen LogP contribution in [0.25, 0.3) is 0 Å². The molecule has 0 atom stereocenters. The van der Waals surface area contributed by atoms with Crippen molar-refractivity contribution < 1.29 is 0 Å². The molecule has 18 heavy (non-hydrogen) atoms. The van der Waals surface area contributed by atoms with Crippen molar-refractivity contribution >= 4 is 11.3 Å². The van der Waals surface area contributed by atoms with Crippen LogP contribution in [0.3, 0.4) is 0 Å². The zero-order valence-corrected chi connectivity index (χ0v) is 12.4. The first kappa shape index (κ1) is 12.6. The van der Waals surface area contributed by atoms with Crippen molar-refractivity contribution in [2.45, 2.75) is 63.8 Å². The van der Waals surface area contributed by atoms with Crippen LogP contribution in [0.2, 0.25) is 0 Å². The lowest BCUT2D eigenvalue weighted by molar-refractivity contribution is 0.0975. The summed E-state index contributed by atoms with van der Waals surface area (Å²) in [6, 6.07) is 0.925. The summed E-state index contributed by atoms with van der Waals surface area (Å²) in [6.07, 6.45) is 9.08. The molecular formula is C15H24N2S. The van der Waals surface area contributed by atoms with E-state index >= 15 is 0 Å². The van der Waals surface area contributed by atoms with Gasteiger partial charge in [0.1, 0.15) is 0 Å². The highest BCUT2D eigenvalue weighted by Crippen LogP contribution is 2.35. The molecule has 1 saturated carbocycles. The molecule has 0 aromatic carbocycles. The van der Waals surface area contributed by atoms with E-state index in [1.54, 1.807) is 0 Å². The highest BCUT2D eigenvalue weighted by Gasteiger charge is 2.30. The van der Waals surface area contributed by atoms with Gasteiger partial charge in [0.05, 0.1) is 5.01 Å². The van der Waals surface area contributed by atoms with Gasteiger partial charge in [-0.3, -0.25) is 0 Å². The predicted molar refractivity (Wildman–Crippen MR) is 77.4 cm³/mol. The van der Waals surface area contributed by atoms with E-state index < -0.39 is 0 Å². The first-order valence-corrected chi connectivity index (χ1v) is 8.25. The van der Waals surface area contributed by atoms with E-state index in [2.05, 4.69) is 29.9 Å². The lowest BCUT2D eigenvalue weighted by Crippen LogP contribution is -2.44. The van der Waals surface area contributed by atoms with Gasteiger partial charge in [0, 0.05) is 23.0 Å². The fraction of sp³-hybridized carbons (Fsp3) is 0.800. The van der Waals surface area contributed by atoms with Crippen LogP contribution in [0, 0.1) is 0 Å². The van der Waals surface area contributed by atoms with Gasteiger partial charge in [-0.05, 0) is 44.7 Å². The molecular weight excluding hydrogens is 240 g/mol. The van der Waals surface area contributed by atoms with Gasteiger partial charge in [-0.15, -0.1) is 11.3 Å². The molecule has 0 spiro atoms. The van der Waals surface area contributed by atoms with Crippen LogP contribution in [0.1, 0.15) is 67.7 Å². The Kier molecular flexibility index (Phi) is 3.71. The molecule has 1 saturated heterocycles. The summed E-state index contributed by atoms with van der Waals surface area (Å²) in [5, 5.41) is 1.40. The number of rotatable bonds is 3. The largest absolute Gasteiger partial charge is 0.300 e. The van der Waals surface area contributed by atoms with E-state index in [0.29, 0.717) is 5.92 Å². The Morgan fingerprint density at radius 1 is 1.22 bits per heavy atom. The molecule has 3 heteroatoms. The Hall–Kier alpha value is -0.410. The summed E-state index contributed by atoms with van der Waals surface area (Å²) in [5.74, 6) is 1.37. The van der Waals surface area contributed by atoms with Crippen molar-refractivity contribution in [2.24, 2.45) is 0 Å². The van der Waals surface area contributed by atoms with E-state index in [9.17, 15) is 0 Å². The Bertz CT molecular complexity index is 387. The van der Waals surface area contributed by atoms with Gasteiger partial charge in [0.25, 0.3) is 0 Å². The molecule has 100 valence electrons. The van der Waals surface area contributed by atoms with E-state index in [0.717, 1.165) is 12.0 Å². The molecule has 0 bridgehead atoms. The van der Waals surface area contributed by atoms with Gasteiger partial charge in [-0.1, -0.05) is 20.3 Å². The van der Waals surface area contributed by atoms with Crippen molar-refractivity contribution in [3.05, 3.63) is 16.1 Å². The van der Waals surface area contributed by atoms with Gasteiger partial charge in [0.2, 0.25) is 0 Å². The molecule has 3 rings (SSSR count). The molecule has 1 aliphatic carbocycles. The Morgan fingerprint density at radius 2 is 1.94 bits per heavy atom. The first-order chi connectivity index (χ1) is 8.74. The fourth-order valence-corrected chi connectivity index (χ4v) is 4.11. The number of hydrogen-bond acceptors (Lipinski definition) is 3. The average molecular weight is 264 g/mol. The minimum Gasteiger partial charge on any atom is -0.300 e. The standard InChI is InChI=1S/C15H24N2S/c1-11(2)14-10-16-15(18-14)12-6-8-17(9-7-12)13-4-3-5-13/h10-13H,3-9H2,1-2H3. The maximum Gasteiger partial charge on any atom is 0.0959 e. The second-order valence-electron chi connectivity index (χ2n) is 6.15. The van der Waals surface area contributed by atoms with Crippen LogP contribution in [0.5, 0.6) is 0 Å². The lowest BCUT2D eigenvalue weighted by Gasteiger charge is -2.41. The second kappa shape index (κ2) is 5.30. The highest BCUT2D eigenvalue weighted by molar-refractivity contribution is 7.11. The maximum atomic E-state index is 4.67. The smallest absolute Gasteiger partial charge is 0.0959 e. The number of nitrogens with zero attached hydrogens (tertiary/aromatic N) is 2. The van der Waals surface area contributed by atoms with Gasteiger partial charge < -0.3 is 4.90 Å². The van der Waals surface area contributed by atoms with Gasteiger partial charge in [0.15, 0.2) is 0 Å². The number of thiazole rings is 1. The molecule has 1 aromatic heterocycles. The summed E-state index contributed by atoms with van der Waals surface area (Å²) in [4.78, 5) is 8.83. The number of aromatic nitrogens is 1. The minimum atomic E-state index is 0.631. The van der Waals surface area contributed by atoms with Crippen molar-refractivity contribution in [3.8, 4) is 0 Å². The minimum absolute atomic E-state index is 0.631. The maximum absolute atomic E-state index is 4.67. The van der Waals surface area contributed by atoms with Crippen molar-refractivity contribution in [1.29, 1.82) is 0 Å². The van der Waals surface area contributed by atoms with Crippen LogP contribution in [0.15, 0.2) is 6.20 Å². The summed E-state index contributed by atoms with van der Waals surface area (Å²) in [5.41, 5.74) is 0. The van der Waals surface area contributed by atoms with Crippen molar-refractivity contribution in [1.82, 2.24) is 9.88 Å². The Labute approximate surface area is 114 Å². The van der Waals surface area contributed by atoms with Gasteiger partial charge >= 0.3 is 0 Å². The predicted octanol–water partition coefficient (Wildman–Crippen LogP) is 4.00. The summed E-state index contributed by atoms with van der Waals surface area (Å²) in [6.45, 7) is 7.12. The zero-order valence-electron chi connectivity index (χ0n) is 11.6. The molecule has 1 aliphatic heterocycles. The third kappa shape index (κ3) is 2.48. The molecule has 2 aliphatic rings. The topological polar surface area (TPSA) is 16.1 Å². The monoisotopic (exact) mass is 264 g/mol. The fourth-order valence-electron chi connectivity index (χ4n) is 3.02. The lowest BCUT2D eigenvalue weighted by atomic mass is 9.88. The molecule has 2 nitrogen and oxygen atoms in total. The van der Waals surface area contributed by atoms with E-state index in [-0.39, 0.29) is 0 Å². The highest BCUT2D eigenvalue weighted by atomic mass is 32.1. The van der Waals surface area contributed by atoms with E-state index in [1.165, 1.54) is 55.1 Å². The molecule has 2 heterocycles. The molecule has 0 radical (unpaired) electrons. The van der Waals surface area contributed by atoms with E-state index in [1.807, 2.05) is 11.3 Å². The van der Waals surface area contributed by atoms with Gasteiger partial charge in [-0.2, -0.15) is 0 Å². The van der Waals surface area contributed by atoms with Crippen LogP contribution in [-0.4, -0.2) is 29.0 Å². The third-order valence-electron chi connectivity index (χ3n) is 4.58. The first-order valence-electron chi connectivity index (χ1n) is 7.43. The summed E-state index contributed by atoms with van der Waals surface area (Å²) in [7, 11) is 0. The third-order valence-corrected chi connectivity index (χ3v) is 6.04. The molecule has 2 fully saturated rings. The second-order valence-corrected chi connectivity index (χ2v) is 7.24. The number of hydrogen-bond donors (Lipinski definition) is 0. The van der Waals surface area contributed by atoms with Crippen LogP contribution < -0.4 is 0 Å². The SMILES string of the molecule is CC(C)c1cnc(C2CCN(C3CCC3)CC2)s1. The zero-order chi connectivity index (χ0) is 12.5. The summed E-state index contributed by atoms with van der Waals surface area (Å²) < 4.78 is 0. The van der Waals surface area contributed by atoms with E-state index in [4.69, 9.17) is 0 Å². The van der Waals surface area contributed by atoms with Crippen LogP contribution in [-0.2, 0) is 0 Å². The molecule has 0 amide bonds. The van der Waals surface area contributed by atoms with Crippen LogP contribution in [0.4, 0.5) is 0 Å². The van der Waals surface area contributed by atoms with Crippen molar-refractivity contribution in [3.63, 3.8) is 0 Å². The molecule has 1 aromatic rings. The normalized spacial score (nSPS) is 23.5. The number of piperidine rings is 1. The summed E-state index contributed by atoms with van der Waals surface area (Å²) >= 11 is 1.95. The molecule has 0 N–H and O–H groups in total. The van der Waals surface area contributed by atoms with Crippen molar-refractivity contribution in [2.75, 3.05) is 13.1 Å². The Balaban J connectivity index is 1.57. The number of likely N-dealkylation sites (tertiary alicyclic amines) is 1. The van der Waals surface area contributed by atoms with Crippen LogP contribution >= 0.6 is 11.3 Å². The molecule has 0 unspecified atom stereocenters. The average Bonchev–Trinajstić information content (AvgIpc) is 2.77. The Morgan fingerprint density at radius 3 is 2.44 bits per heavy atom. The van der Waals surface area contributed by atoms with Gasteiger partial charge in [-0.25, -0.2) is 4.98 Å². The quantitative estimate of drug-likeness (QED) is 0.820.